The van der Waals surface area contributed by atoms with Gasteiger partial charge in [-0.25, -0.2) is 9.78 Å². The lowest BCUT2D eigenvalue weighted by Gasteiger charge is -2.26. The van der Waals surface area contributed by atoms with Crippen LogP contribution in [0.25, 0.3) is 0 Å². The molecule has 6 nitrogen and oxygen atoms in total. The first-order valence-electron chi connectivity index (χ1n) is 5.78. The van der Waals surface area contributed by atoms with Crippen molar-refractivity contribution in [3.8, 4) is 0 Å². The predicted octanol–water partition coefficient (Wildman–Crippen LogP) is 0.732. The second-order valence-corrected chi connectivity index (χ2v) is 4.46. The molecular formula is C12H16N2O4. The highest BCUT2D eigenvalue weighted by Crippen LogP contribution is 2.25. The van der Waals surface area contributed by atoms with Gasteiger partial charge in [-0.05, 0) is 19.1 Å². The zero-order valence-corrected chi connectivity index (χ0v) is 10.1. The number of ether oxygens (including phenoxy) is 1. The molecule has 0 radical (unpaired) electrons. The summed E-state index contributed by atoms with van der Waals surface area (Å²) in [7, 11) is 0. The van der Waals surface area contributed by atoms with E-state index in [9.17, 15) is 9.90 Å². The first kappa shape index (κ1) is 12.8. The van der Waals surface area contributed by atoms with Gasteiger partial charge >= 0.3 is 5.97 Å². The van der Waals surface area contributed by atoms with E-state index in [0.29, 0.717) is 25.3 Å². The summed E-state index contributed by atoms with van der Waals surface area (Å²) in [4.78, 5) is 14.4. The van der Waals surface area contributed by atoms with E-state index in [2.05, 4.69) is 10.3 Å². The van der Waals surface area contributed by atoms with Crippen LogP contribution in [0.4, 0.5) is 5.69 Å². The SMILES string of the molecule is CC1OCCC1(O)CNc1ccc(C(=O)O)nc1. The molecule has 1 fully saturated rings. The molecule has 1 saturated heterocycles. The molecule has 1 aliphatic rings. The molecule has 3 N–H and O–H groups in total. The lowest BCUT2D eigenvalue weighted by molar-refractivity contribution is -0.0175. The fraction of sp³-hybridized carbons (Fsp3) is 0.500. The Morgan fingerprint density at radius 3 is 2.94 bits per heavy atom. The van der Waals surface area contributed by atoms with Crippen molar-refractivity contribution in [2.24, 2.45) is 0 Å². The minimum atomic E-state index is -1.06. The molecule has 98 valence electrons. The Morgan fingerprint density at radius 2 is 2.44 bits per heavy atom. The minimum Gasteiger partial charge on any atom is -0.477 e. The van der Waals surface area contributed by atoms with Crippen LogP contribution in [0.3, 0.4) is 0 Å². The molecule has 6 heteroatoms. The molecule has 1 aromatic heterocycles. The van der Waals surface area contributed by atoms with Crippen LogP contribution in [-0.2, 0) is 4.74 Å². The van der Waals surface area contributed by atoms with Gasteiger partial charge in [0.1, 0.15) is 11.3 Å². The van der Waals surface area contributed by atoms with Gasteiger partial charge in [0.25, 0.3) is 0 Å². The summed E-state index contributed by atoms with van der Waals surface area (Å²) in [6, 6.07) is 3.05. The van der Waals surface area contributed by atoms with Crippen molar-refractivity contribution < 1.29 is 19.7 Å². The minimum absolute atomic E-state index is 0.00294. The topological polar surface area (TPSA) is 91.7 Å². The van der Waals surface area contributed by atoms with Crippen LogP contribution in [0.15, 0.2) is 18.3 Å². The number of carboxylic acid groups (broad SMARTS) is 1. The van der Waals surface area contributed by atoms with E-state index < -0.39 is 11.6 Å². The van der Waals surface area contributed by atoms with E-state index in [1.165, 1.54) is 12.3 Å². The molecule has 0 spiro atoms. The molecular weight excluding hydrogens is 236 g/mol. The number of carboxylic acids is 1. The van der Waals surface area contributed by atoms with Gasteiger partial charge in [-0.3, -0.25) is 0 Å². The largest absolute Gasteiger partial charge is 0.477 e. The second kappa shape index (κ2) is 4.91. The molecule has 1 aliphatic heterocycles. The zero-order valence-electron chi connectivity index (χ0n) is 10.1. The lowest BCUT2D eigenvalue weighted by atomic mass is 9.97. The molecule has 2 rings (SSSR count). The third-order valence-electron chi connectivity index (χ3n) is 3.24. The van der Waals surface area contributed by atoms with Gasteiger partial charge in [-0.15, -0.1) is 0 Å². The highest BCUT2D eigenvalue weighted by molar-refractivity contribution is 5.85. The first-order valence-corrected chi connectivity index (χ1v) is 5.78. The molecule has 2 unspecified atom stereocenters. The van der Waals surface area contributed by atoms with Crippen LogP contribution < -0.4 is 5.32 Å². The smallest absolute Gasteiger partial charge is 0.354 e. The van der Waals surface area contributed by atoms with E-state index in [4.69, 9.17) is 9.84 Å². The maximum atomic E-state index is 10.6. The zero-order chi connectivity index (χ0) is 13.2. The van der Waals surface area contributed by atoms with Crippen LogP contribution in [-0.4, -0.2) is 46.0 Å². The maximum Gasteiger partial charge on any atom is 0.354 e. The summed E-state index contributed by atoms with van der Waals surface area (Å²) in [5, 5.41) is 22.0. The molecule has 2 atom stereocenters. The van der Waals surface area contributed by atoms with Gasteiger partial charge in [0.2, 0.25) is 0 Å². The van der Waals surface area contributed by atoms with Crippen LogP contribution in [0.5, 0.6) is 0 Å². The standard InChI is InChI=1S/C12H16N2O4/c1-8-12(17,4-5-18-8)7-14-9-2-3-10(11(15)16)13-6-9/h2-3,6,8,14,17H,4-5,7H2,1H3,(H,15,16). The van der Waals surface area contributed by atoms with Gasteiger partial charge in [-0.1, -0.05) is 0 Å². The van der Waals surface area contributed by atoms with Crippen LogP contribution in [0.2, 0.25) is 0 Å². The van der Waals surface area contributed by atoms with Crippen molar-refractivity contribution in [3.63, 3.8) is 0 Å². The third kappa shape index (κ3) is 2.60. The van der Waals surface area contributed by atoms with Crippen molar-refractivity contribution in [3.05, 3.63) is 24.0 Å². The number of nitrogens with zero attached hydrogens (tertiary/aromatic N) is 1. The van der Waals surface area contributed by atoms with Crippen molar-refractivity contribution in [2.45, 2.75) is 25.0 Å². The number of aromatic nitrogens is 1. The summed E-state index contributed by atoms with van der Waals surface area (Å²) in [6.45, 7) is 2.73. The Bertz CT molecular complexity index is 434. The number of aromatic carboxylic acids is 1. The maximum absolute atomic E-state index is 10.6. The Balaban J connectivity index is 1.96. The van der Waals surface area contributed by atoms with Crippen LogP contribution in [0, 0.1) is 0 Å². The van der Waals surface area contributed by atoms with Gasteiger partial charge in [0.05, 0.1) is 18.0 Å². The molecule has 2 heterocycles. The van der Waals surface area contributed by atoms with E-state index in [1.54, 1.807) is 6.07 Å². The van der Waals surface area contributed by atoms with Crippen molar-refractivity contribution in [2.75, 3.05) is 18.5 Å². The highest BCUT2D eigenvalue weighted by atomic mass is 16.5. The van der Waals surface area contributed by atoms with Crippen molar-refractivity contribution in [1.82, 2.24) is 4.98 Å². The molecule has 0 aromatic carbocycles. The number of anilines is 1. The highest BCUT2D eigenvalue weighted by Gasteiger charge is 2.39. The molecule has 0 saturated carbocycles. The molecule has 0 amide bonds. The fourth-order valence-corrected chi connectivity index (χ4v) is 1.88. The molecule has 0 bridgehead atoms. The quantitative estimate of drug-likeness (QED) is 0.731. The summed E-state index contributed by atoms with van der Waals surface area (Å²) < 4.78 is 5.32. The van der Waals surface area contributed by atoms with Gasteiger partial charge in [0, 0.05) is 19.6 Å². The number of aliphatic hydroxyl groups is 1. The monoisotopic (exact) mass is 252 g/mol. The summed E-state index contributed by atoms with van der Waals surface area (Å²) in [5.74, 6) is -1.06. The second-order valence-electron chi connectivity index (χ2n) is 4.46. The summed E-state index contributed by atoms with van der Waals surface area (Å²) in [5.41, 5.74) is -0.213. The number of nitrogens with one attached hydrogen (secondary N) is 1. The normalized spacial score (nSPS) is 27.1. The third-order valence-corrected chi connectivity index (χ3v) is 3.24. The Morgan fingerprint density at radius 1 is 1.67 bits per heavy atom. The number of carbonyl (C=O) groups is 1. The molecule has 0 aliphatic carbocycles. The number of hydrogen-bond acceptors (Lipinski definition) is 5. The van der Waals surface area contributed by atoms with Gasteiger partial charge < -0.3 is 20.3 Å². The van der Waals surface area contributed by atoms with Gasteiger partial charge in [-0.2, -0.15) is 0 Å². The number of hydrogen-bond donors (Lipinski definition) is 3. The van der Waals surface area contributed by atoms with E-state index in [0.717, 1.165) is 0 Å². The average Bonchev–Trinajstić information content (AvgIpc) is 2.68. The van der Waals surface area contributed by atoms with Crippen molar-refractivity contribution in [1.29, 1.82) is 0 Å². The molecule has 18 heavy (non-hydrogen) atoms. The van der Waals surface area contributed by atoms with Crippen LogP contribution in [0.1, 0.15) is 23.8 Å². The summed E-state index contributed by atoms with van der Waals surface area (Å²) in [6.07, 6.45) is 1.81. The molecule has 1 aromatic rings. The Kier molecular flexibility index (Phi) is 3.49. The van der Waals surface area contributed by atoms with Crippen LogP contribution >= 0.6 is 0 Å². The first-order chi connectivity index (χ1) is 8.51. The number of rotatable bonds is 4. The average molecular weight is 252 g/mol. The fourth-order valence-electron chi connectivity index (χ4n) is 1.88. The predicted molar refractivity (Wildman–Crippen MR) is 64.7 cm³/mol. The summed E-state index contributed by atoms with van der Waals surface area (Å²) >= 11 is 0. The lowest BCUT2D eigenvalue weighted by Crippen LogP contribution is -2.43. The Labute approximate surface area is 105 Å². The Hall–Kier alpha value is -1.66. The van der Waals surface area contributed by atoms with Gasteiger partial charge in [0.15, 0.2) is 0 Å². The van der Waals surface area contributed by atoms with E-state index in [1.807, 2.05) is 6.92 Å². The van der Waals surface area contributed by atoms with Crippen molar-refractivity contribution >= 4 is 11.7 Å². The number of pyridine rings is 1. The van der Waals surface area contributed by atoms with E-state index >= 15 is 0 Å². The van der Waals surface area contributed by atoms with E-state index in [-0.39, 0.29) is 11.8 Å².